The maximum Gasteiger partial charge on any atom is 0.336 e. The minimum absolute atomic E-state index is 0.0275. The van der Waals surface area contributed by atoms with Crippen molar-refractivity contribution in [3.63, 3.8) is 0 Å². The van der Waals surface area contributed by atoms with Gasteiger partial charge in [0.2, 0.25) is 0 Å². The van der Waals surface area contributed by atoms with Crippen LogP contribution in [0.25, 0.3) is 11.0 Å². The van der Waals surface area contributed by atoms with E-state index in [4.69, 9.17) is 20.8 Å². The Morgan fingerprint density at radius 1 is 1.25 bits per heavy atom. The molecule has 0 aliphatic carbocycles. The predicted molar refractivity (Wildman–Crippen MR) is 104 cm³/mol. The van der Waals surface area contributed by atoms with Crippen molar-refractivity contribution in [2.24, 2.45) is 0 Å². The lowest BCUT2D eigenvalue weighted by Gasteiger charge is -2.15. The molecule has 0 aliphatic rings. The van der Waals surface area contributed by atoms with Crippen molar-refractivity contribution in [2.75, 3.05) is 5.32 Å². The van der Waals surface area contributed by atoms with Crippen LogP contribution in [-0.2, 0) is 4.79 Å². The molecule has 1 atom stereocenters. The van der Waals surface area contributed by atoms with Crippen molar-refractivity contribution in [1.29, 1.82) is 0 Å². The van der Waals surface area contributed by atoms with Gasteiger partial charge >= 0.3 is 5.63 Å². The van der Waals surface area contributed by atoms with Crippen molar-refractivity contribution < 1.29 is 18.9 Å². The van der Waals surface area contributed by atoms with E-state index in [1.165, 1.54) is 37.3 Å². The number of nitro benzene ring substituents is 1. The zero-order valence-electron chi connectivity index (χ0n) is 14.9. The van der Waals surface area contributed by atoms with Crippen LogP contribution in [-0.4, -0.2) is 16.9 Å². The Balaban J connectivity index is 1.76. The summed E-state index contributed by atoms with van der Waals surface area (Å²) >= 11 is 5.76. The third kappa shape index (κ3) is 4.12. The van der Waals surface area contributed by atoms with Crippen molar-refractivity contribution in [1.82, 2.24) is 0 Å². The molecule has 1 amide bonds. The van der Waals surface area contributed by atoms with Crippen LogP contribution in [0, 0.1) is 17.0 Å². The molecule has 28 heavy (non-hydrogen) atoms. The van der Waals surface area contributed by atoms with Gasteiger partial charge in [-0.15, -0.1) is 0 Å². The molecule has 9 heteroatoms. The quantitative estimate of drug-likeness (QED) is 0.391. The molecule has 0 radical (unpaired) electrons. The molecule has 3 rings (SSSR count). The molecule has 0 fully saturated rings. The minimum Gasteiger partial charge on any atom is -0.481 e. The number of carbonyl (C=O) groups excluding carboxylic acids is 1. The highest BCUT2D eigenvalue weighted by atomic mass is 35.5. The molecule has 0 aliphatic heterocycles. The summed E-state index contributed by atoms with van der Waals surface area (Å²) in [5.41, 5.74) is 0.554. The molecule has 1 N–H and O–H groups in total. The second-order valence-electron chi connectivity index (χ2n) is 6.08. The number of aryl methyl sites for hydroxylation is 1. The van der Waals surface area contributed by atoms with E-state index in [0.717, 1.165) is 10.9 Å². The molecule has 144 valence electrons. The summed E-state index contributed by atoms with van der Waals surface area (Å²) in [5, 5.41) is 14.2. The third-order valence-electron chi connectivity index (χ3n) is 4.02. The fraction of sp³-hybridized carbons (Fsp3) is 0.158. The van der Waals surface area contributed by atoms with Crippen LogP contribution in [0.5, 0.6) is 5.75 Å². The van der Waals surface area contributed by atoms with Gasteiger partial charge in [0.25, 0.3) is 11.6 Å². The first kappa shape index (κ1) is 19.4. The van der Waals surface area contributed by atoms with Gasteiger partial charge < -0.3 is 14.5 Å². The van der Waals surface area contributed by atoms with E-state index >= 15 is 0 Å². The monoisotopic (exact) mass is 402 g/mol. The fourth-order valence-electron chi connectivity index (χ4n) is 2.61. The minimum atomic E-state index is -0.913. The summed E-state index contributed by atoms with van der Waals surface area (Å²) < 4.78 is 10.8. The number of nitro groups is 1. The zero-order chi connectivity index (χ0) is 20.4. The molecule has 8 nitrogen and oxygen atoms in total. The number of ether oxygens (including phenoxy) is 1. The number of hydrogen-bond donors (Lipinski definition) is 1. The average Bonchev–Trinajstić information content (AvgIpc) is 2.62. The molecule has 0 spiro atoms. The molecule has 0 saturated carbocycles. The largest absolute Gasteiger partial charge is 0.481 e. The van der Waals surface area contributed by atoms with Gasteiger partial charge in [0.1, 0.15) is 16.4 Å². The van der Waals surface area contributed by atoms with Crippen LogP contribution < -0.4 is 15.7 Å². The second-order valence-corrected chi connectivity index (χ2v) is 6.49. The van der Waals surface area contributed by atoms with Gasteiger partial charge in [-0.3, -0.25) is 14.9 Å². The van der Waals surface area contributed by atoms with E-state index in [-0.39, 0.29) is 16.4 Å². The van der Waals surface area contributed by atoms with Crippen LogP contribution in [0.3, 0.4) is 0 Å². The van der Waals surface area contributed by atoms with E-state index < -0.39 is 22.6 Å². The van der Waals surface area contributed by atoms with Crippen molar-refractivity contribution >= 4 is 39.9 Å². The molecule has 0 saturated heterocycles. The number of carbonyl (C=O) groups is 1. The van der Waals surface area contributed by atoms with Gasteiger partial charge in [-0.25, -0.2) is 4.79 Å². The maximum atomic E-state index is 12.3. The molecule has 3 aromatic rings. The van der Waals surface area contributed by atoms with Gasteiger partial charge in [0.05, 0.1) is 4.92 Å². The van der Waals surface area contributed by atoms with Gasteiger partial charge in [-0.05, 0) is 43.7 Å². The Bertz CT molecular complexity index is 1140. The Morgan fingerprint density at radius 3 is 2.71 bits per heavy atom. The number of anilines is 1. The molecule has 1 heterocycles. The Labute approximate surface area is 163 Å². The number of halogens is 1. The van der Waals surface area contributed by atoms with E-state index in [9.17, 15) is 19.7 Å². The van der Waals surface area contributed by atoms with Crippen LogP contribution in [0.15, 0.2) is 51.7 Å². The van der Waals surface area contributed by atoms with Crippen LogP contribution >= 0.6 is 11.6 Å². The number of hydrogen-bond acceptors (Lipinski definition) is 6. The van der Waals surface area contributed by atoms with E-state index in [1.807, 2.05) is 0 Å². The van der Waals surface area contributed by atoms with Crippen molar-refractivity contribution in [2.45, 2.75) is 20.0 Å². The zero-order valence-corrected chi connectivity index (χ0v) is 15.6. The highest BCUT2D eigenvalue weighted by molar-refractivity contribution is 6.32. The van der Waals surface area contributed by atoms with E-state index in [1.54, 1.807) is 19.1 Å². The van der Waals surface area contributed by atoms with Crippen molar-refractivity contribution in [3.8, 4) is 5.75 Å². The summed E-state index contributed by atoms with van der Waals surface area (Å²) in [4.78, 5) is 34.2. The van der Waals surface area contributed by atoms with Gasteiger partial charge in [-0.1, -0.05) is 11.6 Å². The van der Waals surface area contributed by atoms with Crippen LogP contribution in [0.4, 0.5) is 11.4 Å². The first-order valence-electron chi connectivity index (χ1n) is 8.20. The fourth-order valence-corrected chi connectivity index (χ4v) is 2.80. The molecule has 1 aromatic heterocycles. The number of fused-ring (bicyclic) bond motifs is 1. The number of benzene rings is 2. The third-order valence-corrected chi connectivity index (χ3v) is 4.33. The lowest BCUT2D eigenvalue weighted by atomic mass is 10.1. The van der Waals surface area contributed by atoms with E-state index in [0.29, 0.717) is 11.3 Å². The topological polar surface area (TPSA) is 112 Å². The highest BCUT2D eigenvalue weighted by Crippen LogP contribution is 2.28. The standard InChI is InChI=1S/C19H15ClN2O6/c1-10-7-18(23)28-17-9-13(4-5-14(10)17)27-11(2)19(24)21-12-3-6-15(20)16(8-12)22(25)26/h3-9,11H,1-2H3,(H,21,24). The number of amides is 1. The number of rotatable bonds is 5. The number of nitrogens with zero attached hydrogens (tertiary/aromatic N) is 1. The lowest BCUT2D eigenvalue weighted by molar-refractivity contribution is -0.384. The second kappa shape index (κ2) is 7.69. The van der Waals surface area contributed by atoms with Gasteiger partial charge in [0, 0.05) is 29.3 Å². The number of nitrogens with one attached hydrogen (secondary N) is 1. The van der Waals surface area contributed by atoms with E-state index in [2.05, 4.69) is 5.32 Å². The smallest absolute Gasteiger partial charge is 0.336 e. The molecular weight excluding hydrogens is 388 g/mol. The maximum absolute atomic E-state index is 12.3. The summed E-state index contributed by atoms with van der Waals surface area (Å²) in [6, 6.07) is 10.3. The normalized spacial score (nSPS) is 11.8. The van der Waals surface area contributed by atoms with Gasteiger partial charge in [-0.2, -0.15) is 0 Å². The summed E-state index contributed by atoms with van der Waals surface area (Å²) in [5.74, 6) is -0.173. The first-order chi connectivity index (χ1) is 13.2. The Hall–Kier alpha value is -3.39. The Kier molecular flexibility index (Phi) is 5.32. The Morgan fingerprint density at radius 2 is 2.00 bits per heavy atom. The molecule has 2 aromatic carbocycles. The molecular formula is C19H15ClN2O6. The first-order valence-corrected chi connectivity index (χ1v) is 8.58. The molecule has 1 unspecified atom stereocenters. The molecule has 0 bridgehead atoms. The summed E-state index contributed by atoms with van der Waals surface area (Å²) in [6.45, 7) is 3.32. The predicted octanol–water partition coefficient (Wildman–Crippen LogP) is 4.07. The van der Waals surface area contributed by atoms with Gasteiger partial charge in [0.15, 0.2) is 6.10 Å². The SMILES string of the molecule is Cc1cc(=O)oc2cc(OC(C)C(=O)Nc3ccc(Cl)c([N+](=O)[O-])c3)ccc12. The lowest BCUT2D eigenvalue weighted by Crippen LogP contribution is -2.30. The van der Waals surface area contributed by atoms with Crippen molar-refractivity contribution in [3.05, 3.63) is 73.6 Å². The summed E-state index contributed by atoms with van der Waals surface area (Å²) in [7, 11) is 0. The van der Waals surface area contributed by atoms with Crippen LogP contribution in [0.1, 0.15) is 12.5 Å². The highest BCUT2D eigenvalue weighted by Gasteiger charge is 2.18. The average molecular weight is 403 g/mol. The summed E-state index contributed by atoms with van der Waals surface area (Å²) in [6.07, 6.45) is -0.913. The van der Waals surface area contributed by atoms with Crippen LogP contribution in [0.2, 0.25) is 5.02 Å².